The third-order valence-corrected chi connectivity index (χ3v) is 14.2. The molecule has 0 aliphatic rings. The van der Waals surface area contributed by atoms with Gasteiger partial charge in [-0.05, 0) is 64.2 Å². The van der Waals surface area contributed by atoms with Crippen molar-refractivity contribution in [2.45, 2.75) is 289 Å². The standard InChI is InChI=1S/C60H115N2O6P/c1-6-8-10-12-14-16-18-19-20-21-22-23-24-25-26-27-28-29-30-31-32-33-34-35-36-37-38-39-40-41-42-43-44-46-48-50-52-54-60(64)61-58(57-68-69(65,66)67-56-55-62(3,4)5)59(63)53-51-49-47-45-17-15-13-11-9-7-2/h17,26-27,29-30,45,51,53,58-59,63H,6-16,18-25,28,31-44,46-50,52,54-57H2,1-5H3,(H-,61,64,65,66)/b27-26-,30-29-,45-17+,53-51+. The summed E-state index contributed by atoms with van der Waals surface area (Å²) in [7, 11) is 1.25. The van der Waals surface area contributed by atoms with Gasteiger partial charge in [-0.25, -0.2) is 0 Å². The molecule has 0 aliphatic heterocycles. The molecule has 9 heteroatoms. The minimum atomic E-state index is -4.60. The summed E-state index contributed by atoms with van der Waals surface area (Å²) in [5, 5.41) is 13.8. The van der Waals surface area contributed by atoms with Crippen LogP contribution < -0.4 is 10.2 Å². The van der Waals surface area contributed by atoms with Gasteiger partial charge in [0.1, 0.15) is 13.2 Å². The van der Waals surface area contributed by atoms with Crippen LogP contribution in [-0.2, 0) is 18.4 Å². The molecule has 8 nitrogen and oxygen atoms in total. The minimum Gasteiger partial charge on any atom is -0.756 e. The molecule has 69 heavy (non-hydrogen) atoms. The Labute approximate surface area is 429 Å². The van der Waals surface area contributed by atoms with Gasteiger partial charge in [-0.2, -0.15) is 0 Å². The Kier molecular flexibility index (Phi) is 50.2. The Morgan fingerprint density at radius 1 is 0.507 bits per heavy atom. The van der Waals surface area contributed by atoms with E-state index in [1.165, 1.54) is 212 Å². The lowest BCUT2D eigenvalue weighted by Crippen LogP contribution is -2.45. The first-order chi connectivity index (χ1) is 33.5. The van der Waals surface area contributed by atoms with E-state index in [9.17, 15) is 19.4 Å². The summed E-state index contributed by atoms with van der Waals surface area (Å²) in [6, 6.07) is -0.901. The van der Waals surface area contributed by atoms with Crippen molar-refractivity contribution in [3.8, 4) is 0 Å². The molecule has 1 amide bonds. The largest absolute Gasteiger partial charge is 0.756 e. The molecule has 0 saturated heterocycles. The highest BCUT2D eigenvalue weighted by molar-refractivity contribution is 7.45. The van der Waals surface area contributed by atoms with Crippen molar-refractivity contribution >= 4 is 13.7 Å². The first kappa shape index (κ1) is 67.5. The van der Waals surface area contributed by atoms with Crippen molar-refractivity contribution in [2.75, 3.05) is 40.9 Å². The summed E-state index contributed by atoms with van der Waals surface area (Å²) in [4.78, 5) is 25.4. The third kappa shape index (κ3) is 54.1. The van der Waals surface area contributed by atoms with Gasteiger partial charge in [0.2, 0.25) is 5.91 Å². The highest BCUT2D eigenvalue weighted by atomic mass is 31.2. The molecule has 0 aromatic carbocycles. The topological polar surface area (TPSA) is 108 Å². The number of likely N-dealkylation sites (N-methyl/N-ethyl adjacent to an activating group) is 1. The number of nitrogens with one attached hydrogen (secondary N) is 1. The minimum absolute atomic E-state index is 0.00655. The summed E-state index contributed by atoms with van der Waals surface area (Å²) in [5.41, 5.74) is 0. The van der Waals surface area contributed by atoms with E-state index in [0.29, 0.717) is 17.4 Å². The Bertz CT molecular complexity index is 1260. The molecule has 0 radical (unpaired) electrons. The number of allylic oxidation sites excluding steroid dienone is 7. The smallest absolute Gasteiger partial charge is 0.268 e. The molecule has 0 aromatic heterocycles. The number of phosphoric ester groups is 1. The van der Waals surface area contributed by atoms with Crippen LogP contribution in [0.1, 0.15) is 277 Å². The summed E-state index contributed by atoms with van der Waals surface area (Å²) in [6.07, 6.45) is 68.1. The molecule has 0 rings (SSSR count). The van der Waals surface area contributed by atoms with Gasteiger partial charge >= 0.3 is 0 Å². The Morgan fingerprint density at radius 3 is 1.28 bits per heavy atom. The van der Waals surface area contributed by atoms with E-state index in [-0.39, 0.29) is 12.5 Å². The molecule has 3 atom stereocenters. The van der Waals surface area contributed by atoms with Crippen molar-refractivity contribution in [1.82, 2.24) is 5.32 Å². The molecule has 0 heterocycles. The number of unbranched alkanes of at least 4 members (excludes halogenated alkanes) is 35. The molecule has 3 unspecified atom stereocenters. The van der Waals surface area contributed by atoms with E-state index >= 15 is 0 Å². The van der Waals surface area contributed by atoms with Crippen LogP contribution in [0, 0.1) is 0 Å². The summed E-state index contributed by atoms with van der Waals surface area (Å²) in [6.45, 7) is 4.60. The number of amides is 1. The van der Waals surface area contributed by atoms with E-state index in [1.54, 1.807) is 6.08 Å². The molecule has 0 saturated carbocycles. The molecule has 2 N–H and O–H groups in total. The highest BCUT2D eigenvalue weighted by Gasteiger charge is 2.23. The SMILES string of the molecule is CCCCCC/C=C/CC/C=C/C(O)C(COP(=O)([O-])OCC[N+](C)(C)C)NC(=O)CCCCCCCCCCCCCCCCCCC/C=C\C/C=C\CCCCCCCCCCCCCCC. The van der Waals surface area contributed by atoms with Crippen LogP contribution >= 0.6 is 7.82 Å². The average Bonchev–Trinajstić information content (AvgIpc) is 3.31. The van der Waals surface area contributed by atoms with Gasteiger partial charge in [-0.1, -0.05) is 255 Å². The van der Waals surface area contributed by atoms with E-state index < -0.39 is 26.6 Å². The van der Waals surface area contributed by atoms with Crippen molar-refractivity contribution in [3.63, 3.8) is 0 Å². The zero-order valence-corrected chi connectivity index (χ0v) is 47.2. The van der Waals surface area contributed by atoms with Crippen LogP contribution in [0.4, 0.5) is 0 Å². The first-order valence-corrected chi connectivity index (χ1v) is 31.0. The predicted octanol–water partition coefficient (Wildman–Crippen LogP) is 17.3. The number of aliphatic hydroxyl groups excluding tert-OH is 1. The van der Waals surface area contributed by atoms with Crippen LogP contribution in [0.25, 0.3) is 0 Å². The van der Waals surface area contributed by atoms with E-state index in [0.717, 1.165) is 44.9 Å². The highest BCUT2D eigenvalue weighted by Crippen LogP contribution is 2.38. The number of rotatable bonds is 54. The van der Waals surface area contributed by atoms with Crippen LogP contribution in [-0.4, -0.2) is 68.5 Å². The van der Waals surface area contributed by atoms with Gasteiger partial charge in [0.25, 0.3) is 7.82 Å². The molecule has 0 aromatic rings. The van der Waals surface area contributed by atoms with Crippen LogP contribution in [0.15, 0.2) is 48.6 Å². The molecule has 0 bridgehead atoms. The maximum atomic E-state index is 12.9. The number of hydrogen-bond acceptors (Lipinski definition) is 6. The monoisotopic (exact) mass is 991 g/mol. The number of nitrogens with zero attached hydrogens (tertiary/aromatic N) is 1. The van der Waals surface area contributed by atoms with E-state index in [1.807, 2.05) is 27.2 Å². The zero-order chi connectivity index (χ0) is 50.6. The summed E-state index contributed by atoms with van der Waals surface area (Å²) in [5.74, 6) is -0.207. The fourth-order valence-corrected chi connectivity index (χ4v) is 9.34. The maximum absolute atomic E-state index is 12.9. The van der Waals surface area contributed by atoms with E-state index in [4.69, 9.17) is 9.05 Å². The van der Waals surface area contributed by atoms with Crippen molar-refractivity contribution < 1.29 is 32.9 Å². The Morgan fingerprint density at radius 2 is 0.855 bits per heavy atom. The van der Waals surface area contributed by atoms with Gasteiger partial charge in [0.15, 0.2) is 0 Å². The number of carbonyl (C=O) groups excluding carboxylic acids is 1. The van der Waals surface area contributed by atoms with Crippen LogP contribution in [0.3, 0.4) is 0 Å². The van der Waals surface area contributed by atoms with Gasteiger partial charge < -0.3 is 28.8 Å². The van der Waals surface area contributed by atoms with Gasteiger partial charge in [-0.15, -0.1) is 0 Å². The number of aliphatic hydroxyl groups is 1. The fourth-order valence-electron chi connectivity index (χ4n) is 8.61. The second kappa shape index (κ2) is 51.4. The molecular weight excluding hydrogens is 876 g/mol. The lowest BCUT2D eigenvalue weighted by atomic mass is 10.0. The van der Waals surface area contributed by atoms with E-state index in [2.05, 4.69) is 55.6 Å². The number of hydrogen-bond donors (Lipinski definition) is 2. The number of carbonyl (C=O) groups is 1. The third-order valence-electron chi connectivity index (χ3n) is 13.3. The Balaban J connectivity index is 3.89. The predicted molar refractivity (Wildman–Crippen MR) is 298 cm³/mol. The zero-order valence-electron chi connectivity index (χ0n) is 46.3. The van der Waals surface area contributed by atoms with Gasteiger partial charge in [0.05, 0.1) is 39.9 Å². The molecule has 406 valence electrons. The average molecular weight is 992 g/mol. The Hall–Kier alpha value is -1.54. The van der Waals surface area contributed by atoms with Crippen LogP contribution in [0.5, 0.6) is 0 Å². The lowest BCUT2D eigenvalue weighted by Gasteiger charge is -2.29. The van der Waals surface area contributed by atoms with Crippen molar-refractivity contribution in [1.29, 1.82) is 0 Å². The lowest BCUT2D eigenvalue weighted by molar-refractivity contribution is -0.870. The molecule has 0 fully saturated rings. The maximum Gasteiger partial charge on any atom is 0.268 e. The second-order valence-electron chi connectivity index (χ2n) is 21.3. The molecule has 0 spiro atoms. The fraction of sp³-hybridized carbons (Fsp3) is 0.850. The number of phosphoric acid groups is 1. The molecular formula is C60H115N2O6P. The normalized spacial score (nSPS) is 14.2. The van der Waals surface area contributed by atoms with Crippen molar-refractivity contribution in [3.05, 3.63) is 48.6 Å². The number of quaternary nitrogens is 1. The van der Waals surface area contributed by atoms with Crippen molar-refractivity contribution in [2.24, 2.45) is 0 Å². The van der Waals surface area contributed by atoms with Crippen LogP contribution in [0.2, 0.25) is 0 Å². The van der Waals surface area contributed by atoms with Gasteiger partial charge in [-0.3, -0.25) is 9.36 Å². The first-order valence-electron chi connectivity index (χ1n) is 29.5. The summed E-state index contributed by atoms with van der Waals surface area (Å²) < 4.78 is 23.2. The molecule has 0 aliphatic carbocycles. The summed E-state index contributed by atoms with van der Waals surface area (Å²) >= 11 is 0. The van der Waals surface area contributed by atoms with Gasteiger partial charge in [0, 0.05) is 6.42 Å². The second-order valence-corrected chi connectivity index (χ2v) is 22.8. The quantitative estimate of drug-likeness (QED) is 0.0272.